The van der Waals surface area contributed by atoms with Crippen LogP contribution in [-0.4, -0.2) is 106 Å². The lowest BCUT2D eigenvalue weighted by Gasteiger charge is -2.31. The maximum Gasteiger partial charge on any atom is 0.326 e. The molecule has 0 aromatic heterocycles. The van der Waals surface area contributed by atoms with E-state index in [1.54, 1.807) is 0 Å². The van der Waals surface area contributed by atoms with E-state index in [1.807, 2.05) is 0 Å². The van der Waals surface area contributed by atoms with Crippen molar-refractivity contribution >= 4 is 41.2 Å². The van der Waals surface area contributed by atoms with Crippen molar-refractivity contribution < 1.29 is 34.0 Å². The summed E-state index contributed by atoms with van der Waals surface area (Å²) in [6, 6.07) is 1.12. The number of carbonyl (C=O) groups is 5. The number of nitro groups is 1. The molecule has 1 aromatic carbocycles. The Hall–Kier alpha value is -4.80. The number of nitro benzene ring substituents is 1. The Labute approximate surface area is 253 Å². The van der Waals surface area contributed by atoms with Crippen molar-refractivity contribution in [1.29, 1.82) is 0 Å². The fourth-order valence-corrected chi connectivity index (χ4v) is 5.44. The van der Waals surface area contributed by atoms with E-state index in [0.717, 1.165) is 0 Å². The van der Waals surface area contributed by atoms with Gasteiger partial charge in [0, 0.05) is 38.2 Å². The van der Waals surface area contributed by atoms with Gasteiger partial charge in [-0.15, -0.1) is 0 Å². The molecule has 0 saturated carbocycles. The largest absolute Gasteiger partial charge is 0.480 e. The van der Waals surface area contributed by atoms with Crippen molar-refractivity contribution in [2.45, 2.75) is 69.1 Å². The molecule has 2 aliphatic rings. The third-order valence-electron chi connectivity index (χ3n) is 7.65. The van der Waals surface area contributed by atoms with Crippen LogP contribution in [0.5, 0.6) is 0 Å². The van der Waals surface area contributed by atoms with Crippen molar-refractivity contribution in [3.63, 3.8) is 0 Å². The first kappa shape index (κ1) is 33.7. The predicted octanol–water partition coefficient (Wildman–Crippen LogP) is -1.81. The highest BCUT2D eigenvalue weighted by molar-refractivity contribution is 5.95. The van der Waals surface area contributed by atoms with Crippen LogP contribution in [0.15, 0.2) is 29.3 Å². The molecule has 2 heterocycles. The van der Waals surface area contributed by atoms with E-state index in [0.29, 0.717) is 37.8 Å². The van der Waals surface area contributed by atoms with Gasteiger partial charge in [0.25, 0.3) is 5.69 Å². The molecule has 0 radical (unpaired) electrons. The molecule has 2 aliphatic heterocycles. The maximum absolute atomic E-state index is 13.8. The van der Waals surface area contributed by atoms with Crippen LogP contribution in [0.4, 0.5) is 5.69 Å². The van der Waals surface area contributed by atoms with Gasteiger partial charge in [-0.3, -0.25) is 34.3 Å². The molecular weight excluding hydrogens is 578 g/mol. The summed E-state index contributed by atoms with van der Waals surface area (Å²) in [7, 11) is 0. The van der Waals surface area contributed by atoms with Gasteiger partial charge in [0.05, 0.1) is 11.5 Å². The number of carboxylic acids is 1. The standard InChI is InChI=1S/C27H39N9O8/c28-15-22(37)34-12-2-5-20(34)23(38)32-18(4-1-11-31-27(29)30)25(40)35-13-3-6-21(35)24(39)33-19(26(41)42)14-16-7-9-17(10-8-16)36(43)44/h7-10,18-21H,1-6,11-15,28H2,(H,32,38)(H,33,39)(H,41,42)(H4,29,30,31)/t18-,19-,20-,21-/m0/s1. The zero-order valence-electron chi connectivity index (χ0n) is 24.2. The first-order valence-electron chi connectivity index (χ1n) is 14.3. The van der Waals surface area contributed by atoms with E-state index in [-0.39, 0.29) is 56.5 Å². The number of hydrogen-bond acceptors (Lipinski definition) is 9. The molecule has 9 N–H and O–H groups in total. The second-order valence-electron chi connectivity index (χ2n) is 10.7. The second kappa shape index (κ2) is 15.6. The van der Waals surface area contributed by atoms with E-state index in [1.165, 1.54) is 34.1 Å². The van der Waals surface area contributed by atoms with Gasteiger partial charge in [0.2, 0.25) is 23.6 Å². The highest BCUT2D eigenvalue weighted by Gasteiger charge is 2.40. The summed E-state index contributed by atoms with van der Waals surface area (Å²) in [5.74, 6) is -3.54. The minimum Gasteiger partial charge on any atom is -0.480 e. The Morgan fingerprint density at radius 3 is 2.09 bits per heavy atom. The van der Waals surface area contributed by atoms with Crippen LogP contribution in [-0.2, 0) is 30.4 Å². The smallest absolute Gasteiger partial charge is 0.326 e. The molecule has 2 saturated heterocycles. The van der Waals surface area contributed by atoms with Crippen molar-refractivity contribution in [3.05, 3.63) is 39.9 Å². The molecule has 0 aliphatic carbocycles. The number of benzene rings is 1. The lowest BCUT2D eigenvalue weighted by molar-refractivity contribution is -0.384. The first-order chi connectivity index (χ1) is 20.9. The van der Waals surface area contributed by atoms with Crippen molar-refractivity contribution in [2.24, 2.45) is 22.2 Å². The Bertz CT molecular complexity index is 1270. The number of carboxylic acid groups (broad SMARTS) is 1. The topological polar surface area (TPSA) is 270 Å². The number of nitrogens with one attached hydrogen (secondary N) is 2. The van der Waals surface area contributed by atoms with Gasteiger partial charge in [-0.05, 0) is 44.1 Å². The predicted molar refractivity (Wildman–Crippen MR) is 157 cm³/mol. The van der Waals surface area contributed by atoms with Gasteiger partial charge in [-0.25, -0.2) is 4.79 Å². The SMILES string of the molecule is NCC(=O)N1CCC[C@H]1C(=O)N[C@@H](CCCN=C(N)N)C(=O)N1CCC[C@H]1C(=O)N[C@@H](Cc1ccc([N+](=O)[O-])cc1)C(=O)O. The zero-order valence-corrected chi connectivity index (χ0v) is 24.2. The lowest BCUT2D eigenvalue weighted by atomic mass is 10.0. The van der Waals surface area contributed by atoms with Gasteiger partial charge < -0.3 is 42.7 Å². The molecule has 3 rings (SSSR count). The quantitative estimate of drug-likeness (QED) is 0.0445. The number of likely N-dealkylation sites (tertiary alicyclic amines) is 2. The number of aliphatic carboxylic acids is 1. The molecule has 0 spiro atoms. The number of hydrogen-bond donors (Lipinski definition) is 6. The van der Waals surface area contributed by atoms with Crippen LogP contribution >= 0.6 is 0 Å². The Morgan fingerprint density at radius 1 is 0.977 bits per heavy atom. The molecular formula is C27H39N9O8. The van der Waals surface area contributed by atoms with E-state index in [2.05, 4.69) is 15.6 Å². The Kier molecular flexibility index (Phi) is 12.0. The first-order valence-corrected chi connectivity index (χ1v) is 14.3. The van der Waals surface area contributed by atoms with Crippen molar-refractivity contribution in [3.8, 4) is 0 Å². The molecule has 17 nitrogen and oxygen atoms in total. The summed E-state index contributed by atoms with van der Waals surface area (Å²) >= 11 is 0. The molecule has 4 atom stereocenters. The fraction of sp³-hybridized carbons (Fsp3) is 0.556. The summed E-state index contributed by atoms with van der Waals surface area (Å²) in [6.45, 7) is 0.515. The van der Waals surface area contributed by atoms with E-state index >= 15 is 0 Å². The van der Waals surface area contributed by atoms with E-state index in [4.69, 9.17) is 17.2 Å². The number of nitrogens with two attached hydrogens (primary N) is 3. The van der Waals surface area contributed by atoms with Crippen LogP contribution < -0.4 is 27.8 Å². The summed E-state index contributed by atoms with van der Waals surface area (Å²) < 4.78 is 0. The second-order valence-corrected chi connectivity index (χ2v) is 10.7. The van der Waals surface area contributed by atoms with Gasteiger partial charge >= 0.3 is 5.97 Å². The normalized spacial score (nSPS) is 19.1. The van der Waals surface area contributed by atoms with Crippen LogP contribution in [0.25, 0.3) is 0 Å². The minimum absolute atomic E-state index is 0.128. The van der Waals surface area contributed by atoms with Gasteiger partial charge in [0.15, 0.2) is 5.96 Å². The highest BCUT2D eigenvalue weighted by Crippen LogP contribution is 2.22. The van der Waals surface area contributed by atoms with Gasteiger partial charge in [-0.1, -0.05) is 12.1 Å². The summed E-state index contributed by atoms with van der Waals surface area (Å²) in [5, 5.41) is 25.9. The average Bonchev–Trinajstić information content (AvgIpc) is 3.68. The fourth-order valence-electron chi connectivity index (χ4n) is 5.44. The minimum atomic E-state index is -1.36. The molecule has 0 bridgehead atoms. The third-order valence-corrected chi connectivity index (χ3v) is 7.65. The summed E-state index contributed by atoms with van der Waals surface area (Å²) in [6.07, 6.45) is 2.09. The van der Waals surface area contributed by atoms with Gasteiger partial charge in [-0.2, -0.15) is 0 Å². The number of non-ortho nitro benzene ring substituents is 1. The van der Waals surface area contributed by atoms with Crippen molar-refractivity contribution in [1.82, 2.24) is 20.4 Å². The van der Waals surface area contributed by atoms with Gasteiger partial charge in [0.1, 0.15) is 24.2 Å². The van der Waals surface area contributed by atoms with Crippen LogP contribution in [0.3, 0.4) is 0 Å². The van der Waals surface area contributed by atoms with Crippen LogP contribution in [0, 0.1) is 10.1 Å². The van der Waals surface area contributed by atoms with Crippen LogP contribution in [0.1, 0.15) is 44.1 Å². The number of guanidine groups is 1. The van der Waals surface area contributed by atoms with Crippen molar-refractivity contribution in [2.75, 3.05) is 26.2 Å². The molecule has 17 heteroatoms. The Morgan fingerprint density at radius 2 is 1.55 bits per heavy atom. The molecule has 1 aromatic rings. The third kappa shape index (κ3) is 8.85. The van der Waals surface area contributed by atoms with E-state index in [9.17, 15) is 39.2 Å². The number of rotatable bonds is 14. The maximum atomic E-state index is 13.8. The molecule has 240 valence electrons. The summed E-state index contributed by atoms with van der Waals surface area (Å²) in [4.78, 5) is 81.5. The number of carbonyl (C=O) groups excluding carboxylic acids is 4. The Balaban J connectivity index is 1.73. The lowest BCUT2D eigenvalue weighted by Crippen LogP contribution is -2.57. The monoisotopic (exact) mass is 617 g/mol. The summed E-state index contributed by atoms with van der Waals surface area (Å²) in [5.41, 5.74) is 16.6. The molecule has 2 fully saturated rings. The van der Waals surface area contributed by atoms with E-state index < -0.39 is 52.8 Å². The highest BCUT2D eigenvalue weighted by atomic mass is 16.6. The number of amides is 4. The molecule has 0 unspecified atom stereocenters. The average molecular weight is 618 g/mol. The zero-order chi connectivity index (χ0) is 32.4. The number of aliphatic imine (C=N–C) groups is 1. The number of nitrogens with zero attached hydrogens (tertiary/aromatic N) is 4. The molecule has 44 heavy (non-hydrogen) atoms. The molecule has 4 amide bonds. The van der Waals surface area contributed by atoms with Crippen LogP contribution in [0.2, 0.25) is 0 Å².